The topological polar surface area (TPSA) is 67.2 Å². The molecular weight excluding hydrogens is 352 g/mol. The predicted molar refractivity (Wildman–Crippen MR) is 99.7 cm³/mol. The van der Waals surface area contributed by atoms with Crippen LogP contribution in [0.3, 0.4) is 0 Å². The number of carbonyl (C=O) groups excluding carboxylic acids is 2. The Bertz CT molecular complexity index is 838. The molecule has 0 aliphatic carbocycles. The third-order valence-electron chi connectivity index (χ3n) is 5.02. The molecule has 2 aromatic rings. The summed E-state index contributed by atoms with van der Waals surface area (Å²) in [5.41, 5.74) is 1.89. The highest BCUT2D eigenvalue weighted by Gasteiger charge is 2.30. The number of aromatic nitrogens is 2. The molecule has 1 aromatic heterocycles. The van der Waals surface area contributed by atoms with E-state index in [1.54, 1.807) is 24.3 Å². The molecule has 1 aromatic carbocycles. The SMILES string of the molecule is O=C(Nc1ccc(Cl)cc1)c1nc(C(=O)N2CCCC2)n2c1CCCC2. The third kappa shape index (κ3) is 3.21. The maximum atomic E-state index is 12.8. The molecule has 1 fully saturated rings. The lowest BCUT2D eigenvalue weighted by molar-refractivity contribution is 0.0774. The van der Waals surface area contributed by atoms with Gasteiger partial charge < -0.3 is 14.8 Å². The Morgan fingerprint density at radius 1 is 1.00 bits per heavy atom. The van der Waals surface area contributed by atoms with Crippen molar-refractivity contribution in [2.75, 3.05) is 18.4 Å². The second kappa shape index (κ2) is 7.11. The summed E-state index contributed by atoms with van der Waals surface area (Å²) in [7, 11) is 0. The maximum absolute atomic E-state index is 12.8. The molecule has 0 saturated carbocycles. The zero-order valence-electron chi connectivity index (χ0n) is 14.5. The van der Waals surface area contributed by atoms with E-state index in [1.165, 1.54) is 0 Å². The van der Waals surface area contributed by atoms with Crippen molar-refractivity contribution >= 4 is 29.1 Å². The fraction of sp³-hybridized carbons (Fsp3) is 0.421. The molecule has 0 atom stereocenters. The Morgan fingerprint density at radius 2 is 1.69 bits per heavy atom. The summed E-state index contributed by atoms with van der Waals surface area (Å²) in [4.78, 5) is 32.0. The largest absolute Gasteiger partial charge is 0.336 e. The number of nitrogens with zero attached hydrogens (tertiary/aromatic N) is 3. The zero-order valence-corrected chi connectivity index (χ0v) is 15.3. The van der Waals surface area contributed by atoms with Crippen LogP contribution < -0.4 is 5.32 Å². The van der Waals surface area contributed by atoms with Gasteiger partial charge in [0.25, 0.3) is 11.8 Å². The fourth-order valence-corrected chi connectivity index (χ4v) is 3.80. The predicted octanol–water partition coefficient (Wildman–Crippen LogP) is 3.36. The van der Waals surface area contributed by atoms with Gasteiger partial charge in [0.1, 0.15) is 0 Å². The second-order valence-corrected chi connectivity index (χ2v) is 7.24. The van der Waals surface area contributed by atoms with Gasteiger partial charge in [-0.25, -0.2) is 4.98 Å². The normalized spacial score (nSPS) is 16.4. The number of carbonyl (C=O) groups is 2. The van der Waals surface area contributed by atoms with E-state index in [-0.39, 0.29) is 11.8 Å². The van der Waals surface area contributed by atoms with Crippen LogP contribution in [-0.4, -0.2) is 39.4 Å². The van der Waals surface area contributed by atoms with E-state index in [0.29, 0.717) is 22.2 Å². The van der Waals surface area contributed by atoms with Crippen molar-refractivity contribution in [1.29, 1.82) is 0 Å². The summed E-state index contributed by atoms with van der Waals surface area (Å²) in [5, 5.41) is 3.47. The number of amides is 2. The van der Waals surface area contributed by atoms with Crippen LogP contribution in [0.15, 0.2) is 24.3 Å². The summed E-state index contributed by atoms with van der Waals surface area (Å²) >= 11 is 5.89. The molecule has 0 bridgehead atoms. The van der Waals surface area contributed by atoms with Crippen molar-refractivity contribution in [2.45, 2.75) is 38.6 Å². The highest BCUT2D eigenvalue weighted by atomic mass is 35.5. The van der Waals surface area contributed by atoms with Crippen LogP contribution in [0.1, 0.15) is 52.5 Å². The van der Waals surface area contributed by atoms with Gasteiger partial charge in [-0.05, 0) is 56.4 Å². The number of anilines is 1. The number of hydrogen-bond acceptors (Lipinski definition) is 3. The lowest BCUT2D eigenvalue weighted by atomic mass is 10.1. The van der Waals surface area contributed by atoms with Crippen molar-refractivity contribution < 1.29 is 9.59 Å². The van der Waals surface area contributed by atoms with Gasteiger partial charge in [-0.3, -0.25) is 9.59 Å². The molecule has 26 heavy (non-hydrogen) atoms. The number of imidazole rings is 1. The summed E-state index contributed by atoms with van der Waals surface area (Å²) in [6, 6.07) is 6.95. The Balaban J connectivity index is 1.64. The minimum atomic E-state index is -0.279. The quantitative estimate of drug-likeness (QED) is 0.898. The van der Waals surface area contributed by atoms with Crippen molar-refractivity contribution in [2.24, 2.45) is 0 Å². The van der Waals surface area contributed by atoms with Gasteiger partial charge in [0.15, 0.2) is 11.5 Å². The monoisotopic (exact) mass is 372 g/mol. The smallest absolute Gasteiger partial charge is 0.289 e. The van der Waals surface area contributed by atoms with Crippen molar-refractivity contribution in [3.8, 4) is 0 Å². The molecule has 136 valence electrons. The fourth-order valence-electron chi connectivity index (χ4n) is 3.67. The van der Waals surface area contributed by atoms with E-state index >= 15 is 0 Å². The molecule has 0 unspecified atom stereocenters. The van der Waals surface area contributed by atoms with Crippen molar-refractivity contribution in [3.05, 3.63) is 46.5 Å². The van der Waals surface area contributed by atoms with E-state index in [0.717, 1.165) is 57.4 Å². The van der Waals surface area contributed by atoms with Gasteiger partial charge in [-0.15, -0.1) is 0 Å². The van der Waals surface area contributed by atoms with Crippen LogP contribution >= 0.6 is 11.6 Å². The maximum Gasteiger partial charge on any atom is 0.289 e. The van der Waals surface area contributed by atoms with Gasteiger partial charge in [0, 0.05) is 30.3 Å². The number of rotatable bonds is 3. The molecule has 4 rings (SSSR count). The summed E-state index contributed by atoms with van der Waals surface area (Å²) in [6.45, 7) is 2.28. The number of fused-ring (bicyclic) bond motifs is 1. The van der Waals surface area contributed by atoms with Crippen molar-refractivity contribution in [3.63, 3.8) is 0 Å². The van der Waals surface area contributed by atoms with E-state index in [1.807, 2.05) is 9.47 Å². The standard InChI is InChI=1S/C19H21ClN4O2/c20-13-6-8-14(9-7-13)21-18(25)16-15-5-1-2-12-24(15)17(22-16)19(26)23-10-3-4-11-23/h6-9H,1-5,10-12H2,(H,21,25). The molecule has 1 saturated heterocycles. The molecule has 3 heterocycles. The summed E-state index contributed by atoms with van der Waals surface area (Å²) in [6.07, 6.45) is 4.84. The third-order valence-corrected chi connectivity index (χ3v) is 5.27. The first-order chi connectivity index (χ1) is 12.6. The average molecular weight is 373 g/mol. The van der Waals surface area contributed by atoms with E-state index in [4.69, 9.17) is 11.6 Å². The summed E-state index contributed by atoms with van der Waals surface area (Å²) in [5.74, 6) is 0.0671. The number of halogens is 1. The first-order valence-corrected chi connectivity index (χ1v) is 9.47. The molecule has 0 spiro atoms. The highest BCUT2D eigenvalue weighted by molar-refractivity contribution is 6.30. The molecular formula is C19H21ClN4O2. The molecule has 2 aliphatic heterocycles. The molecule has 2 aliphatic rings. The highest BCUT2D eigenvalue weighted by Crippen LogP contribution is 2.24. The number of hydrogen-bond donors (Lipinski definition) is 1. The van der Waals surface area contributed by atoms with Crippen LogP contribution in [0.25, 0.3) is 0 Å². The molecule has 0 radical (unpaired) electrons. The summed E-state index contributed by atoms with van der Waals surface area (Å²) < 4.78 is 1.95. The van der Waals surface area contributed by atoms with E-state index in [9.17, 15) is 9.59 Å². The Morgan fingerprint density at radius 3 is 2.42 bits per heavy atom. The van der Waals surface area contributed by atoms with Gasteiger partial charge in [0.05, 0.1) is 5.69 Å². The average Bonchev–Trinajstić information content (AvgIpc) is 3.31. The second-order valence-electron chi connectivity index (χ2n) is 6.80. The van der Waals surface area contributed by atoms with Crippen LogP contribution in [0.5, 0.6) is 0 Å². The van der Waals surface area contributed by atoms with Crippen LogP contribution in [0.2, 0.25) is 5.02 Å². The van der Waals surface area contributed by atoms with Crippen LogP contribution in [-0.2, 0) is 13.0 Å². The minimum absolute atomic E-state index is 0.0591. The number of nitrogens with one attached hydrogen (secondary N) is 1. The molecule has 7 heteroatoms. The zero-order chi connectivity index (χ0) is 18.1. The van der Waals surface area contributed by atoms with Crippen LogP contribution in [0, 0.1) is 0 Å². The molecule has 1 N–H and O–H groups in total. The van der Waals surface area contributed by atoms with Gasteiger partial charge in [0.2, 0.25) is 0 Å². The van der Waals surface area contributed by atoms with Gasteiger partial charge in [-0.1, -0.05) is 11.6 Å². The molecule has 2 amide bonds. The van der Waals surface area contributed by atoms with E-state index in [2.05, 4.69) is 10.3 Å². The number of benzene rings is 1. The first kappa shape index (κ1) is 17.1. The number of likely N-dealkylation sites (tertiary alicyclic amines) is 1. The van der Waals surface area contributed by atoms with Gasteiger partial charge >= 0.3 is 0 Å². The van der Waals surface area contributed by atoms with Gasteiger partial charge in [-0.2, -0.15) is 0 Å². The molecule has 6 nitrogen and oxygen atoms in total. The van der Waals surface area contributed by atoms with E-state index < -0.39 is 0 Å². The Hall–Kier alpha value is -2.34. The first-order valence-electron chi connectivity index (χ1n) is 9.09. The van der Waals surface area contributed by atoms with Crippen LogP contribution in [0.4, 0.5) is 5.69 Å². The minimum Gasteiger partial charge on any atom is -0.336 e. The lowest BCUT2D eigenvalue weighted by Crippen LogP contribution is -2.31. The van der Waals surface area contributed by atoms with Crippen molar-refractivity contribution in [1.82, 2.24) is 14.5 Å². The Kier molecular flexibility index (Phi) is 4.68. The Labute approximate surface area is 157 Å². The lowest BCUT2D eigenvalue weighted by Gasteiger charge is -2.19.